The number of benzene rings is 1. The first kappa shape index (κ1) is 15.1. The van der Waals surface area contributed by atoms with E-state index in [-0.39, 0.29) is 23.9 Å². The summed E-state index contributed by atoms with van der Waals surface area (Å²) in [7, 11) is -3.51. The molecule has 1 aromatic carbocycles. The smallest absolute Gasteiger partial charge is 0.262 e. The molecule has 2 rings (SSSR count). The monoisotopic (exact) mass is 313 g/mol. The molecular weight excluding hydrogens is 298 g/mol. The van der Waals surface area contributed by atoms with E-state index in [1.165, 1.54) is 19.1 Å². The molecule has 8 nitrogen and oxygen atoms in total. The van der Waals surface area contributed by atoms with Crippen LogP contribution in [0.15, 0.2) is 12.1 Å². The van der Waals surface area contributed by atoms with Gasteiger partial charge in [0, 0.05) is 12.3 Å². The van der Waals surface area contributed by atoms with Crippen LogP contribution in [0.2, 0.25) is 0 Å². The van der Waals surface area contributed by atoms with E-state index in [1.54, 1.807) is 0 Å². The average molecular weight is 313 g/mol. The molecule has 0 spiro atoms. The standard InChI is InChI=1S/C12H15N3O5S/c1-6(21(2,18)19)12(17)15-8-4-9-10(3-7(8)13)20-5-11(16)14-9/h3-4,6H,5,13H2,1-2H3,(H,14,16)(H,15,17). The lowest BCUT2D eigenvalue weighted by Crippen LogP contribution is -2.32. The number of nitrogens with one attached hydrogen (secondary N) is 2. The van der Waals surface area contributed by atoms with Crippen LogP contribution in [0.5, 0.6) is 5.75 Å². The molecule has 1 atom stereocenters. The van der Waals surface area contributed by atoms with Gasteiger partial charge in [-0.05, 0) is 13.0 Å². The SMILES string of the molecule is CC(C(=O)Nc1cc2c(cc1N)OCC(=O)N2)S(C)(=O)=O. The second-order valence-corrected chi connectivity index (χ2v) is 7.10. The topological polar surface area (TPSA) is 128 Å². The maximum atomic E-state index is 11.9. The molecule has 0 bridgehead atoms. The van der Waals surface area contributed by atoms with Crippen molar-refractivity contribution in [2.24, 2.45) is 0 Å². The van der Waals surface area contributed by atoms with Crippen molar-refractivity contribution in [3.8, 4) is 5.75 Å². The number of rotatable bonds is 3. The van der Waals surface area contributed by atoms with Crippen LogP contribution in [-0.4, -0.2) is 38.3 Å². The molecule has 114 valence electrons. The van der Waals surface area contributed by atoms with Gasteiger partial charge >= 0.3 is 0 Å². The van der Waals surface area contributed by atoms with Crippen molar-refractivity contribution in [1.82, 2.24) is 0 Å². The molecule has 0 radical (unpaired) electrons. The van der Waals surface area contributed by atoms with Crippen molar-refractivity contribution in [3.63, 3.8) is 0 Å². The van der Waals surface area contributed by atoms with Crippen LogP contribution >= 0.6 is 0 Å². The Morgan fingerprint density at radius 2 is 2.14 bits per heavy atom. The number of carbonyl (C=O) groups excluding carboxylic acids is 2. The fourth-order valence-corrected chi connectivity index (χ4v) is 2.13. The number of amides is 2. The van der Waals surface area contributed by atoms with Gasteiger partial charge in [-0.3, -0.25) is 9.59 Å². The van der Waals surface area contributed by atoms with E-state index < -0.39 is 21.0 Å². The van der Waals surface area contributed by atoms with Gasteiger partial charge in [0.2, 0.25) is 5.91 Å². The van der Waals surface area contributed by atoms with Crippen LogP contribution in [0.25, 0.3) is 0 Å². The van der Waals surface area contributed by atoms with E-state index in [4.69, 9.17) is 10.5 Å². The molecule has 0 aliphatic carbocycles. The summed E-state index contributed by atoms with van der Waals surface area (Å²) in [6.45, 7) is 1.17. The largest absolute Gasteiger partial charge is 0.482 e. The molecule has 1 heterocycles. The van der Waals surface area contributed by atoms with Crippen LogP contribution in [0.4, 0.5) is 17.1 Å². The highest BCUT2D eigenvalue weighted by Gasteiger charge is 2.25. The van der Waals surface area contributed by atoms with Gasteiger partial charge in [-0.2, -0.15) is 0 Å². The number of fused-ring (bicyclic) bond motifs is 1. The molecule has 1 aromatic rings. The third kappa shape index (κ3) is 3.24. The number of nitrogens with two attached hydrogens (primary N) is 1. The van der Waals surface area contributed by atoms with Gasteiger partial charge in [-0.15, -0.1) is 0 Å². The number of nitrogen functional groups attached to an aromatic ring is 1. The van der Waals surface area contributed by atoms with Gasteiger partial charge in [0.1, 0.15) is 11.0 Å². The van der Waals surface area contributed by atoms with Crippen molar-refractivity contribution in [2.75, 3.05) is 29.2 Å². The van der Waals surface area contributed by atoms with E-state index >= 15 is 0 Å². The fraction of sp³-hybridized carbons (Fsp3) is 0.333. The van der Waals surface area contributed by atoms with Crippen molar-refractivity contribution in [3.05, 3.63) is 12.1 Å². The normalized spacial score (nSPS) is 15.4. The number of hydrogen-bond acceptors (Lipinski definition) is 6. The average Bonchev–Trinajstić information content (AvgIpc) is 2.38. The highest BCUT2D eigenvalue weighted by atomic mass is 32.2. The minimum absolute atomic E-state index is 0.108. The van der Waals surface area contributed by atoms with E-state index in [9.17, 15) is 18.0 Å². The van der Waals surface area contributed by atoms with Crippen LogP contribution < -0.4 is 21.1 Å². The van der Waals surface area contributed by atoms with Gasteiger partial charge in [-0.25, -0.2) is 8.42 Å². The Balaban J connectivity index is 2.27. The minimum atomic E-state index is -3.51. The summed E-state index contributed by atoms with van der Waals surface area (Å²) >= 11 is 0. The summed E-state index contributed by atoms with van der Waals surface area (Å²) < 4.78 is 27.9. The Hall–Kier alpha value is -2.29. The summed E-state index contributed by atoms with van der Waals surface area (Å²) in [5, 5.41) is 3.79. The zero-order valence-corrected chi connectivity index (χ0v) is 12.3. The zero-order chi connectivity index (χ0) is 15.8. The first-order valence-electron chi connectivity index (χ1n) is 6.04. The Labute approximate surface area is 121 Å². The van der Waals surface area contributed by atoms with Gasteiger partial charge in [0.15, 0.2) is 16.4 Å². The van der Waals surface area contributed by atoms with Gasteiger partial charge < -0.3 is 21.1 Å². The number of hydrogen-bond donors (Lipinski definition) is 3. The Morgan fingerprint density at radius 1 is 1.48 bits per heavy atom. The quantitative estimate of drug-likeness (QED) is 0.672. The molecule has 1 unspecified atom stereocenters. The second-order valence-electron chi connectivity index (χ2n) is 4.73. The fourth-order valence-electron chi connectivity index (χ4n) is 1.68. The highest BCUT2D eigenvalue weighted by molar-refractivity contribution is 7.92. The van der Waals surface area contributed by atoms with Crippen LogP contribution in [0.1, 0.15) is 6.92 Å². The number of sulfone groups is 1. The third-order valence-corrected chi connectivity index (χ3v) is 4.55. The van der Waals surface area contributed by atoms with E-state index in [0.29, 0.717) is 11.4 Å². The van der Waals surface area contributed by atoms with Crippen molar-refractivity contribution >= 4 is 38.7 Å². The zero-order valence-electron chi connectivity index (χ0n) is 11.5. The predicted octanol–water partition coefficient (Wildman–Crippen LogP) is -0.0287. The van der Waals surface area contributed by atoms with Crippen molar-refractivity contribution in [1.29, 1.82) is 0 Å². The number of carbonyl (C=O) groups is 2. The Morgan fingerprint density at radius 3 is 2.76 bits per heavy atom. The Kier molecular flexibility index (Phi) is 3.77. The van der Waals surface area contributed by atoms with Crippen LogP contribution in [-0.2, 0) is 19.4 Å². The van der Waals surface area contributed by atoms with Crippen LogP contribution in [0, 0.1) is 0 Å². The Bertz CT molecular complexity index is 714. The third-order valence-electron chi connectivity index (χ3n) is 3.05. The molecule has 0 saturated carbocycles. The predicted molar refractivity (Wildman–Crippen MR) is 77.9 cm³/mol. The summed E-state index contributed by atoms with van der Waals surface area (Å²) in [6.07, 6.45) is 0.974. The summed E-state index contributed by atoms with van der Waals surface area (Å²) in [5.41, 5.74) is 6.56. The summed E-state index contributed by atoms with van der Waals surface area (Å²) in [6, 6.07) is 2.88. The number of anilines is 3. The maximum Gasteiger partial charge on any atom is 0.262 e. The molecule has 4 N–H and O–H groups in total. The molecule has 0 aromatic heterocycles. The maximum absolute atomic E-state index is 11.9. The number of ether oxygens (including phenoxy) is 1. The lowest BCUT2D eigenvalue weighted by atomic mass is 10.2. The van der Waals surface area contributed by atoms with Crippen molar-refractivity contribution in [2.45, 2.75) is 12.2 Å². The summed E-state index contributed by atoms with van der Waals surface area (Å²) in [4.78, 5) is 23.1. The molecule has 1 aliphatic heterocycles. The molecule has 9 heteroatoms. The first-order chi connectivity index (χ1) is 9.68. The van der Waals surface area contributed by atoms with E-state index in [2.05, 4.69) is 10.6 Å². The molecule has 2 amide bonds. The second kappa shape index (κ2) is 5.24. The van der Waals surface area contributed by atoms with Crippen LogP contribution in [0.3, 0.4) is 0 Å². The molecule has 1 aliphatic rings. The van der Waals surface area contributed by atoms with Gasteiger partial charge in [0.25, 0.3) is 5.91 Å². The molecule has 0 saturated heterocycles. The minimum Gasteiger partial charge on any atom is -0.482 e. The van der Waals surface area contributed by atoms with Gasteiger partial charge in [0.05, 0.1) is 17.1 Å². The summed E-state index contributed by atoms with van der Waals surface area (Å²) in [5.74, 6) is -0.637. The molecular formula is C12H15N3O5S. The lowest BCUT2D eigenvalue weighted by molar-refractivity contribution is -0.118. The van der Waals surface area contributed by atoms with Gasteiger partial charge in [-0.1, -0.05) is 0 Å². The molecule has 0 fully saturated rings. The molecule has 21 heavy (non-hydrogen) atoms. The lowest BCUT2D eigenvalue weighted by Gasteiger charge is -2.20. The van der Waals surface area contributed by atoms with E-state index in [1.807, 2.05) is 0 Å². The van der Waals surface area contributed by atoms with Crippen molar-refractivity contribution < 1.29 is 22.7 Å². The van der Waals surface area contributed by atoms with E-state index in [0.717, 1.165) is 6.26 Å². The first-order valence-corrected chi connectivity index (χ1v) is 8.00. The highest BCUT2D eigenvalue weighted by Crippen LogP contribution is 2.35.